The number of ketones is 1. The summed E-state index contributed by atoms with van der Waals surface area (Å²) in [6.45, 7) is 5.71. The smallest absolute Gasteiger partial charge is 0.193 e. The van der Waals surface area contributed by atoms with Crippen molar-refractivity contribution in [3.05, 3.63) is 77.2 Å². The molecule has 2 aromatic carbocycles. The summed E-state index contributed by atoms with van der Waals surface area (Å²) in [5.41, 5.74) is 9.80. The molecule has 32 heavy (non-hydrogen) atoms. The zero-order valence-corrected chi connectivity index (χ0v) is 18.3. The fraction of sp³-hybridized carbons (Fsp3) is 0.250. The molecule has 1 aliphatic heterocycles. The van der Waals surface area contributed by atoms with Crippen molar-refractivity contribution >= 4 is 29.3 Å². The molecular formula is C24H28N6O2. The lowest BCUT2D eigenvalue weighted by molar-refractivity contribution is 0.103. The van der Waals surface area contributed by atoms with Crippen LogP contribution in [0.2, 0.25) is 0 Å². The summed E-state index contributed by atoms with van der Waals surface area (Å²) in [7, 11) is 1.90. The standard InChI is InChI=1S/C18H21N3O.C6H7N3O/c1-19-16-13-15(18(22)14-5-3-2-4-6-14)7-8-17(16)21-11-9-20-10-12-21;1-4-2-8-6(7)5(3-10)9-4/h2-8,13,19-20H,9-12H2,1H3;2-3H,1H3,(H2,7,8). The van der Waals surface area contributed by atoms with Gasteiger partial charge in [0.2, 0.25) is 0 Å². The highest BCUT2D eigenvalue weighted by Crippen LogP contribution is 2.28. The number of nitrogen functional groups attached to an aromatic ring is 1. The third-order valence-corrected chi connectivity index (χ3v) is 5.08. The molecule has 0 unspecified atom stereocenters. The van der Waals surface area contributed by atoms with Crippen molar-refractivity contribution in [2.24, 2.45) is 0 Å². The first-order valence-electron chi connectivity index (χ1n) is 10.4. The molecule has 0 atom stereocenters. The van der Waals surface area contributed by atoms with Gasteiger partial charge in [-0.25, -0.2) is 9.97 Å². The molecule has 166 valence electrons. The number of aromatic nitrogens is 2. The van der Waals surface area contributed by atoms with Gasteiger partial charge in [0.1, 0.15) is 5.69 Å². The number of hydrogen-bond donors (Lipinski definition) is 3. The SMILES string of the molecule is CNc1cc(C(=O)c2ccccc2)ccc1N1CCNCC1.Cc1cnc(N)c(C=O)n1. The highest BCUT2D eigenvalue weighted by Gasteiger charge is 2.16. The second-order valence-electron chi connectivity index (χ2n) is 7.31. The van der Waals surface area contributed by atoms with E-state index in [1.54, 1.807) is 6.92 Å². The number of nitrogens with zero attached hydrogens (tertiary/aromatic N) is 3. The Bertz CT molecular complexity index is 1070. The Kier molecular flexibility index (Phi) is 7.88. The maximum atomic E-state index is 12.6. The van der Waals surface area contributed by atoms with E-state index >= 15 is 0 Å². The molecule has 3 aromatic rings. The number of carbonyl (C=O) groups excluding carboxylic acids is 2. The largest absolute Gasteiger partial charge is 0.386 e. The third kappa shape index (κ3) is 5.67. The number of rotatable bonds is 5. The van der Waals surface area contributed by atoms with E-state index in [1.165, 1.54) is 6.20 Å². The molecule has 4 rings (SSSR count). The van der Waals surface area contributed by atoms with E-state index in [1.807, 2.05) is 55.6 Å². The zero-order valence-electron chi connectivity index (χ0n) is 18.3. The summed E-state index contributed by atoms with van der Waals surface area (Å²) in [5, 5.41) is 6.58. The molecule has 0 radical (unpaired) electrons. The van der Waals surface area contributed by atoms with Gasteiger partial charge in [-0.2, -0.15) is 0 Å². The second-order valence-corrected chi connectivity index (χ2v) is 7.31. The third-order valence-electron chi connectivity index (χ3n) is 5.08. The van der Waals surface area contributed by atoms with E-state index in [4.69, 9.17) is 5.73 Å². The van der Waals surface area contributed by atoms with Crippen molar-refractivity contribution in [1.82, 2.24) is 15.3 Å². The first-order chi connectivity index (χ1) is 15.5. The molecular weight excluding hydrogens is 404 g/mol. The van der Waals surface area contributed by atoms with Gasteiger partial charge in [-0.05, 0) is 25.1 Å². The van der Waals surface area contributed by atoms with E-state index in [0.29, 0.717) is 12.0 Å². The van der Waals surface area contributed by atoms with E-state index in [-0.39, 0.29) is 17.3 Å². The molecule has 0 saturated carbocycles. The topological polar surface area (TPSA) is 113 Å². The van der Waals surface area contributed by atoms with Crippen LogP contribution in [0.1, 0.15) is 32.1 Å². The van der Waals surface area contributed by atoms with E-state index in [0.717, 1.165) is 48.7 Å². The van der Waals surface area contributed by atoms with Gasteiger partial charge in [-0.15, -0.1) is 0 Å². The number of anilines is 3. The maximum absolute atomic E-state index is 12.6. The Balaban J connectivity index is 0.000000243. The van der Waals surface area contributed by atoms with Crippen molar-refractivity contribution in [3.63, 3.8) is 0 Å². The number of nitrogens with two attached hydrogens (primary N) is 1. The van der Waals surface area contributed by atoms with Crippen LogP contribution in [0.4, 0.5) is 17.2 Å². The Morgan fingerprint density at radius 3 is 2.47 bits per heavy atom. The number of benzene rings is 2. The van der Waals surface area contributed by atoms with Crippen LogP contribution in [0.25, 0.3) is 0 Å². The Morgan fingerprint density at radius 2 is 1.84 bits per heavy atom. The molecule has 0 aliphatic carbocycles. The fourth-order valence-corrected chi connectivity index (χ4v) is 3.41. The van der Waals surface area contributed by atoms with Crippen LogP contribution in [0, 0.1) is 6.92 Å². The monoisotopic (exact) mass is 432 g/mol. The van der Waals surface area contributed by atoms with Crippen molar-refractivity contribution in [2.45, 2.75) is 6.92 Å². The number of nitrogens with one attached hydrogen (secondary N) is 2. The van der Waals surface area contributed by atoms with Gasteiger partial charge in [-0.1, -0.05) is 30.3 Å². The zero-order chi connectivity index (χ0) is 22.9. The van der Waals surface area contributed by atoms with Gasteiger partial charge in [-0.3, -0.25) is 9.59 Å². The fourth-order valence-electron chi connectivity index (χ4n) is 3.41. The highest BCUT2D eigenvalue weighted by molar-refractivity contribution is 6.09. The number of hydrogen-bond acceptors (Lipinski definition) is 8. The van der Waals surface area contributed by atoms with Crippen molar-refractivity contribution in [2.75, 3.05) is 49.2 Å². The predicted molar refractivity (Wildman–Crippen MR) is 128 cm³/mol. The molecule has 1 fully saturated rings. The predicted octanol–water partition coefficient (Wildman–Crippen LogP) is 2.55. The average molecular weight is 433 g/mol. The summed E-state index contributed by atoms with van der Waals surface area (Å²) in [6.07, 6.45) is 2.11. The summed E-state index contributed by atoms with van der Waals surface area (Å²) in [6, 6.07) is 15.3. The van der Waals surface area contributed by atoms with Crippen LogP contribution in [0.3, 0.4) is 0 Å². The average Bonchev–Trinajstić information content (AvgIpc) is 2.86. The van der Waals surface area contributed by atoms with Gasteiger partial charge in [0.05, 0.1) is 23.3 Å². The molecule has 2 heterocycles. The molecule has 0 spiro atoms. The summed E-state index contributed by atoms with van der Waals surface area (Å²) in [5.74, 6) is 0.240. The Hall–Kier alpha value is -3.78. The summed E-state index contributed by atoms with van der Waals surface area (Å²) < 4.78 is 0. The second kappa shape index (κ2) is 11.0. The minimum atomic E-state index is 0.0592. The van der Waals surface area contributed by atoms with Crippen molar-refractivity contribution in [1.29, 1.82) is 0 Å². The Labute approximate surface area is 187 Å². The summed E-state index contributed by atoms with van der Waals surface area (Å²) in [4.78, 5) is 32.7. The van der Waals surface area contributed by atoms with E-state index in [9.17, 15) is 9.59 Å². The van der Waals surface area contributed by atoms with E-state index < -0.39 is 0 Å². The number of aldehydes is 1. The maximum Gasteiger partial charge on any atom is 0.193 e. The lowest BCUT2D eigenvalue weighted by Crippen LogP contribution is -2.43. The van der Waals surface area contributed by atoms with Crippen LogP contribution < -0.4 is 21.3 Å². The van der Waals surface area contributed by atoms with Crippen molar-refractivity contribution < 1.29 is 9.59 Å². The normalized spacial score (nSPS) is 13.0. The van der Waals surface area contributed by atoms with Crippen molar-refractivity contribution in [3.8, 4) is 0 Å². The minimum Gasteiger partial charge on any atom is -0.386 e. The minimum absolute atomic E-state index is 0.0592. The molecule has 1 saturated heterocycles. The van der Waals surface area contributed by atoms with Gasteiger partial charge in [0.25, 0.3) is 0 Å². The van der Waals surface area contributed by atoms with Gasteiger partial charge in [0, 0.05) is 44.4 Å². The van der Waals surface area contributed by atoms with Gasteiger partial charge >= 0.3 is 0 Å². The molecule has 8 nitrogen and oxygen atoms in total. The van der Waals surface area contributed by atoms with Crippen LogP contribution in [0.5, 0.6) is 0 Å². The molecule has 1 aromatic heterocycles. The number of piperazine rings is 1. The molecule has 4 N–H and O–H groups in total. The quantitative estimate of drug-likeness (QED) is 0.416. The first-order valence-corrected chi connectivity index (χ1v) is 10.4. The first kappa shape index (κ1) is 22.9. The lowest BCUT2D eigenvalue weighted by atomic mass is 10.0. The van der Waals surface area contributed by atoms with Crippen LogP contribution in [0.15, 0.2) is 54.7 Å². The number of carbonyl (C=O) groups is 2. The number of aryl methyl sites for hydroxylation is 1. The highest BCUT2D eigenvalue weighted by atomic mass is 16.1. The van der Waals surface area contributed by atoms with E-state index in [2.05, 4.69) is 25.5 Å². The van der Waals surface area contributed by atoms with Gasteiger partial charge in [0.15, 0.2) is 17.9 Å². The summed E-state index contributed by atoms with van der Waals surface area (Å²) >= 11 is 0. The molecule has 8 heteroatoms. The van der Waals surface area contributed by atoms with Crippen LogP contribution in [-0.2, 0) is 0 Å². The Morgan fingerprint density at radius 1 is 1.12 bits per heavy atom. The molecule has 0 amide bonds. The lowest BCUT2D eigenvalue weighted by Gasteiger charge is -2.31. The van der Waals surface area contributed by atoms with Crippen LogP contribution in [-0.4, -0.2) is 55.3 Å². The molecule has 1 aliphatic rings. The van der Waals surface area contributed by atoms with Crippen LogP contribution >= 0.6 is 0 Å². The van der Waals surface area contributed by atoms with Gasteiger partial charge < -0.3 is 21.3 Å². The molecule has 0 bridgehead atoms.